The second-order valence-electron chi connectivity index (χ2n) is 4.00. The molecule has 4 heteroatoms. The molecule has 0 saturated carbocycles. The third kappa shape index (κ3) is 2.12. The Morgan fingerprint density at radius 3 is 2.76 bits per heavy atom. The molecule has 3 heterocycles. The summed E-state index contributed by atoms with van der Waals surface area (Å²) in [7, 11) is 0. The molecule has 1 aliphatic rings. The Hall–Kier alpha value is -1.94. The van der Waals surface area contributed by atoms with Gasteiger partial charge in [0.05, 0.1) is 0 Å². The second-order valence-corrected chi connectivity index (χ2v) is 4.00. The van der Waals surface area contributed by atoms with Gasteiger partial charge in [0.25, 0.3) is 0 Å². The van der Waals surface area contributed by atoms with Gasteiger partial charge in [0, 0.05) is 42.8 Å². The van der Waals surface area contributed by atoms with Gasteiger partial charge in [0.15, 0.2) is 0 Å². The van der Waals surface area contributed by atoms with Crippen molar-refractivity contribution in [2.45, 2.75) is 6.10 Å². The van der Waals surface area contributed by atoms with Crippen molar-refractivity contribution in [2.24, 2.45) is 0 Å². The maximum Gasteiger partial charge on any atom is 0.221 e. The summed E-state index contributed by atoms with van der Waals surface area (Å²) >= 11 is 0. The van der Waals surface area contributed by atoms with Crippen molar-refractivity contribution in [1.82, 2.24) is 15.3 Å². The van der Waals surface area contributed by atoms with Crippen LogP contribution in [0.5, 0.6) is 5.88 Å². The molecule has 2 aromatic rings. The Balaban J connectivity index is 1.92. The van der Waals surface area contributed by atoms with E-state index < -0.39 is 0 Å². The van der Waals surface area contributed by atoms with Gasteiger partial charge >= 0.3 is 0 Å². The van der Waals surface area contributed by atoms with Crippen LogP contribution >= 0.6 is 0 Å². The monoisotopic (exact) mass is 227 g/mol. The smallest absolute Gasteiger partial charge is 0.221 e. The third-order valence-electron chi connectivity index (χ3n) is 2.77. The quantitative estimate of drug-likeness (QED) is 0.863. The van der Waals surface area contributed by atoms with Gasteiger partial charge in [-0.2, -0.15) is 0 Å². The lowest BCUT2D eigenvalue weighted by atomic mass is 10.1. The van der Waals surface area contributed by atoms with Crippen LogP contribution in [0, 0.1) is 0 Å². The molecule has 1 aliphatic heterocycles. The summed E-state index contributed by atoms with van der Waals surface area (Å²) in [6.07, 6.45) is 5.57. The van der Waals surface area contributed by atoms with E-state index in [4.69, 9.17) is 4.74 Å². The summed E-state index contributed by atoms with van der Waals surface area (Å²) in [5.41, 5.74) is 2.02. The summed E-state index contributed by atoms with van der Waals surface area (Å²) in [6.45, 7) is 1.78. The van der Waals surface area contributed by atoms with Crippen LogP contribution in [-0.4, -0.2) is 29.2 Å². The first-order valence-corrected chi connectivity index (χ1v) is 5.66. The molecule has 1 N–H and O–H groups in total. The van der Waals surface area contributed by atoms with E-state index in [1.807, 2.05) is 30.5 Å². The molecule has 2 aromatic heterocycles. The molecule has 0 atom stereocenters. The maximum atomic E-state index is 5.83. The zero-order valence-corrected chi connectivity index (χ0v) is 9.34. The highest BCUT2D eigenvalue weighted by Crippen LogP contribution is 2.27. The minimum atomic E-state index is 0.236. The highest BCUT2D eigenvalue weighted by Gasteiger charge is 2.20. The van der Waals surface area contributed by atoms with Crippen molar-refractivity contribution in [3.05, 3.63) is 42.9 Å². The number of rotatable bonds is 3. The lowest BCUT2D eigenvalue weighted by Gasteiger charge is -2.27. The van der Waals surface area contributed by atoms with E-state index >= 15 is 0 Å². The van der Waals surface area contributed by atoms with Crippen LogP contribution in [0.25, 0.3) is 11.1 Å². The van der Waals surface area contributed by atoms with Gasteiger partial charge in [0.2, 0.25) is 5.88 Å². The molecule has 4 nitrogen and oxygen atoms in total. The Morgan fingerprint density at radius 2 is 2.06 bits per heavy atom. The molecule has 0 radical (unpaired) electrons. The van der Waals surface area contributed by atoms with Gasteiger partial charge in [-0.05, 0) is 18.2 Å². The van der Waals surface area contributed by atoms with E-state index in [0.717, 1.165) is 24.2 Å². The maximum absolute atomic E-state index is 5.83. The standard InChI is InChI=1S/C13H13N3O/c1-3-10(7-14-5-1)12-4-2-6-16-13(12)17-11-8-15-9-11/h1-7,11,15H,8-9H2. The van der Waals surface area contributed by atoms with E-state index in [9.17, 15) is 0 Å². The first-order valence-electron chi connectivity index (χ1n) is 5.66. The first-order chi connectivity index (χ1) is 8.43. The van der Waals surface area contributed by atoms with Crippen molar-refractivity contribution in [2.75, 3.05) is 13.1 Å². The molecule has 1 fully saturated rings. The van der Waals surface area contributed by atoms with Crippen molar-refractivity contribution >= 4 is 0 Å². The van der Waals surface area contributed by atoms with Crippen molar-refractivity contribution in [3.63, 3.8) is 0 Å². The zero-order chi connectivity index (χ0) is 11.5. The minimum absolute atomic E-state index is 0.236. The van der Waals surface area contributed by atoms with E-state index in [-0.39, 0.29) is 6.10 Å². The number of ether oxygens (including phenoxy) is 1. The topological polar surface area (TPSA) is 47.0 Å². The molecule has 0 bridgehead atoms. The van der Waals surface area contributed by atoms with Crippen LogP contribution in [0.15, 0.2) is 42.9 Å². The van der Waals surface area contributed by atoms with Crippen LogP contribution < -0.4 is 10.1 Å². The van der Waals surface area contributed by atoms with Crippen LogP contribution in [0.3, 0.4) is 0 Å². The van der Waals surface area contributed by atoms with Gasteiger partial charge in [-0.1, -0.05) is 6.07 Å². The molecular weight excluding hydrogens is 214 g/mol. The molecule has 1 saturated heterocycles. The fraction of sp³-hybridized carbons (Fsp3) is 0.231. The number of hydrogen-bond acceptors (Lipinski definition) is 4. The summed E-state index contributed by atoms with van der Waals surface area (Å²) in [5, 5.41) is 3.18. The van der Waals surface area contributed by atoms with Gasteiger partial charge in [-0.15, -0.1) is 0 Å². The van der Waals surface area contributed by atoms with E-state index in [1.54, 1.807) is 12.4 Å². The van der Waals surface area contributed by atoms with Crippen LogP contribution in [0.4, 0.5) is 0 Å². The summed E-state index contributed by atoms with van der Waals surface area (Å²) in [6, 6.07) is 7.84. The fourth-order valence-electron chi connectivity index (χ4n) is 1.73. The van der Waals surface area contributed by atoms with Crippen LogP contribution in [0.1, 0.15) is 0 Å². The largest absolute Gasteiger partial charge is 0.471 e. The molecule has 0 aliphatic carbocycles. The molecule has 0 unspecified atom stereocenters. The van der Waals surface area contributed by atoms with Gasteiger partial charge in [-0.25, -0.2) is 4.98 Å². The average Bonchev–Trinajstić information content (AvgIpc) is 2.35. The molecule has 17 heavy (non-hydrogen) atoms. The first kappa shape index (κ1) is 10.2. The van der Waals surface area contributed by atoms with Gasteiger partial charge in [-0.3, -0.25) is 4.98 Å². The highest BCUT2D eigenvalue weighted by atomic mass is 16.5. The van der Waals surface area contributed by atoms with E-state index in [1.165, 1.54) is 0 Å². The Bertz CT molecular complexity index is 497. The van der Waals surface area contributed by atoms with E-state index in [0.29, 0.717) is 5.88 Å². The molecule has 0 aromatic carbocycles. The second kappa shape index (κ2) is 4.51. The summed E-state index contributed by atoms with van der Waals surface area (Å²) in [4.78, 5) is 8.42. The van der Waals surface area contributed by atoms with E-state index in [2.05, 4.69) is 15.3 Å². The lowest BCUT2D eigenvalue weighted by Crippen LogP contribution is -2.50. The van der Waals surface area contributed by atoms with Crippen molar-refractivity contribution in [3.8, 4) is 17.0 Å². The number of hydrogen-bond donors (Lipinski definition) is 1. The molecule has 86 valence electrons. The third-order valence-corrected chi connectivity index (χ3v) is 2.77. The van der Waals surface area contributed by atoms with Gasteiger partial charge in [0.1, 0.15) is 6.10 Å². The number of nitrogens with zero attached hydrogens (tertiary/aromatic N) is 2. The molecular formula is C13H13N3O. The van der Waals surface area contributed by atoms with Gasteiger partial charge < -0.3 is 10.1 Å². The Morgan fingerprint density at radius 1 is 1.18 bits per heavy atom. The van der Waals surface area contributed by atoms with Crippen molar-refractivity contribution < 1.29 is 4.74 Å². The lowest BCUT2D eigenvalue weighted by molar-refractivity contribution is 0.137. The fourth-order valence-corrected chi connectivity index (χ4v) is 1.73. The van der Waals surface area contributed by atoms with Crippen LogP contribution in [-0.2, 0) is 0 Å². The Labute approximate surface area is 99.7 Å². The molecule has 0 spiro atoms. The average molecular weight is 227 g/mol. The predicted molar refractivity (Wildman–Crippen MR) is 64.8 cm³/mol. The molecule has 3 rings (SSSR count). The molecule has 0 amide bonds. The highest BCUT2D eigenvalue weighted by molar-refractivity contribution is 5.67. The summed E-state index contributed by atoms with van der Waals surface area (Å²) in [5.74, 6) is 0.687. The number of aromatic nitrogens is 2. The SMILES string of the molecule is c1cncc(-c2cccnc2OC2CNC2)c1. The Kier molecular flexibility index (Phi) is 2.71. The van der Waals surface area contributed by atoms with Crippen LogP contribution in [0.2, 0.25) is 0 Å². The zero-order valence-electron chi connectivity index (χ0n) is 9.34. The minimum Gasteiger partial charge on any atom is -0.471 e. The summed E-state index contributed by atoms with van der Waals surface area (Å²) < 4.78 is 5.83. The number of nitrogens with one attached hydrogen (secondary N) is 1. The normalized spacial score (nSPS) is 15.3. The predicted octanol–water partition coefficient (Wildman–Crippen LogP) is 1.49. The number of pyridine rings is 2. The van der Waals surface area contributed by atoms with Crippen molar-refractivity contribution in [1.29, 1.82) is 0 Å².